The second-order valence-corrected chi connectivity index (χ2v) is 9.07. The maximum absolute atomic E-state index is 13.6. The summed E-state index contributed by atoms with van der Waals surface area (Å²) in [5.41, 5.74) is 2.34. The van der Waals surface area contributed by atoms with E-state index in [0.29, 0.717) is 5.92 Å². The van der Waals surface area contributed by atoms with Crippen LogP contribution in [0.3, 0.4) is 0 Å². The van der Waals surface area contributed by atoms with E-state index in [0.717, 1.165) is 44.3 Å². The first kappa shape index (κ1) is 22.5. The number of carboxylic acids is 1. The van der Waals surface area contributed by atoms with Gasteiger partial charge < -0.3 is 5.11 Å². The first-order valence-electron chi connectivity index (χ1n) is 11.2. The number of aliphatic carboxylic acids is 1. The fraction of sp³-hybridized carbons (Fsp3) is 0.500. The van der Waals surface area contributed by atoms with E-state index in [2.05, 4.69) is 43.0 Å². The van der Waals surface area contributed by atoms with Crippen LogP contribution in [0.15, 0.2) is 54.6 Å². The Kier molecular flexibility index (Phi) is 8.03. The first-order valence-corrected chi connectivity index (χ1v) is 11.2. The van der Waals surface area contributed by atoms with Crippen molar-refractivity contribution in [1.29, 1.82) is 0 Å². The van der Waals surface area contributed by atoms with Gasteiger partial charge in [-0.1, -0.05) is 62.7 Å². The molecule has 2 aromatic rings. The lowest BCUT2D eigenvalue weighted by Crippen LogP contribution is -2.45. The molecule has 3 nitrogen and oxygen atoms in total. The highest BCUT2D eigenvalue weighted by Crippen LogP contribution is 2.43. The van der Waals surface area contributed by atoms with Crippen LogP contribution in [-0.2, 0) is 11.3 Å². The van der Waals surface area contributed by atoms with Crippen molar-refractivity contribution in [2.24, 2.45) is 11.8 Å². The Labute approximate surface area is 179 Å². The number of benzene rings is 2. The fourth-order valence-corrected chi connectivity index (χ4v) is 4.91. The summed E-state index contributed by atoms with van der Waals surface area (Å²) < 4.78 is 13.6. The molecule has 0 spiro atoms. The number of carbonyl (C=O) groups is 1. The Morgan fingerprint density at radius 1 is 1.10 bits per heavy atom. The Balaban J connectivity index is 1.93. The molecule has 0 amide bonds. The molecule has 1 aliphatic carbocycles. The highest BCUT2D eigenvalue weighted by atomic mass is 19.1. The molecule has 30 heavy (non-hydrogen) atoms. The minimum Gasteiger partial charge on any atom is -0.481 e. The van der Waals surface area contributed by atoms with Crippen molar-refractivity contribution < 1.29 is 14.3 Å². The molecule has 4 heteroatoms. The molecular weight excluding hydrogens is 377 g/mol. The van der Waals surface area contributed by atoms with Gasteiger partial charge >= 0.3 is 5.97 Å². The molecule has 0 heterocycles. The number of hydrogen-bond donors (Lipinski definition) is 1. The van der Waals surface area contributed by atoms with Gasteiger partial charge in [-0.25, -0.2) is 4.39 Å². The van der Waals surface area contributed by atoms with Crippen molar-refractivity contribution >= 4 is 5.97 Å². The predicted octanol–water partition coefficient (Wildman–Crippen LogP) is 6.10. The van der Waals surface area contributed by atoms with Crippen molar-refractivity contribution in [1.82, 2.24) is 4.90 Å². The molecule has 2 aromatic carbocycles. The zero-order valence-corrected chi connectivity index (χ0v) is 18.1. The minimum absolute atomic E-state index is 0.0732. The van der Waals surface area contributed by atoms with Crippen LogP contribution in [0.2, 0.25) is 0 Å². The summed E-state index contributed by atoms with van der Waals surface area (Å²) in [6.45, 7) is 6.32. The van der Waals surface area contributed by atoms with E-state index in [-0.39, 0.29) is 30.1 Å². The first-order chi connectivity index (χ1) is 14.4. The van der Waals surface area contributed by atoms with Crippen molar-refractivity contribution in [2.75, 3.05) is 6.54 Å². The summed E-state index contributed by atoms with van der Waals surface area (Å²) in [6, 6.07) is 17.5. The molecule has 1 saturated carbocycles. The van der Waals surface area contributed by atoms with Gasteiger partial charge in [-0.2, -0.15) is 0 Å². The third kappa shape index (κ3) is 6.15. The van der Waals surface area contributed by atoms with E-state index in [1.165, 1.54) is 17.7 Å². The van der Waals surface area contributed by atoms with Crippen LogP contribution < -0.4 is 0 Å². The molecule has 0 bridgehead atoms. The highest BCUT2D eigenvalue weighted by molar-refractivity contribution is 5.67. The van der Waals surface area contributed by atoms with E-state index < -0.39 is 5.97 Å². The molecule has 0 radical (unpaired) electrons. The lowest BCUT2D eigenvalue weighted by Gasteiger charge is -2.44. The zero-order chi connectivity index (χ0) is 21.5. The van der Waals surface area contributed by atoms with E-state index in [9.17, 15) is 14.3 Å². The fourth-order valence-electron chi connectivity index (χ4n) is 4.91. The quantitative estimate of drug-likeness (QED) is 0.542. The van der Waals surface area contributed by atoms with Crippen molar-refractivity contribution in [3.63, 3.8) is 0 Å². The van der Waals surface area contributed by atoms with Gasteiger partial charge in [0.2, 0.25) is 0 Å². The number of carboxylic acid groups (broad SMARTS) is 1. The molecule has 3 atom stereocenters. The minimum atomic E-state index is -0.746. The zero-order valence-electron chi connectivity index (χ0n) is 18.1. The third-order valence-corrected chi connectivity index (χ3v) is 6.38. The molecule has 0 unspecified atom stereocenters. The summed E-state index contributed by atoms with van der Waals surface area (Å²) in [4.78, 5) is 14.2. The summed E-state index contributed by atoms with van der Waals surface area (Å²) in [6.07, 6.45) is 4.26. The van der Waals surface area contributed by atoms with Crippen LogP contribution in [0.25, 0.3) is 0 Å². The lowest BCUT2D eigenvalue weighted by molar-refractivity contribution is -0.138. The molecule has 1 N–H and O–H groups in total. The number of nitrogens with zero attached hydrogens (tertiary/aromatic N) is 1. The van der Waals surface area contributed by atoms with Gasteiger partial charge in [0, 0.05) is 24.9 Å². The average Bonchev–Trinajstić information content (AvgIpc) is 2.72. The normalized spacial score (nSPS) is 21.8. The van der Waals surface area contributed by atoms with Crippen LogP contribution in [0.4, 0.5) is 4.39 Å². The Bertz CT molecular complexity index is 790. The monoisotopic (exact) mass is 411 g/mol. The highest BCUT2D eigenvalue weighted by Gasteiger charge is 2.38. The predicted molar refractivity (Wildman–Crippen MR) is 119 cm³/mol. The van der Waals surface area contributed by atoms with Crippen LogP contribution in [-0.4, -0.2) is 28.6 Å². The second-order valence-electron chi connectivity index (χ2n) is 9.07. The van der Waals surface area contributed by atoms with Gasteiger partial charge in [0.1, 0.15) is 5.82 Å². The van der Waals surface area contributed by atoms with Crippen LogP contribution in [0, 0.1) is 17.7 Å². The Morgan fingerprint density at radius 2 is 1.80 bits per heavy atom. The standard InChI is InChI=1S/C26H34FNO2/c1-19(2)15-16-28(18-20-7-4-3-5-8-20)24-10-6-9-22(17-25(29)30)26(24)21-11-13-23(27)14-12-21/h3-5,7-8,11-14,19,22,24,26H,6,9-10,15-18H2,1-2H3,(H,29,30)/t22-,24-,26-/m1/s1. The average molecular weight is 412 g/mol. The molecular formula is C26H34FNO2. The van der Waals surface area contributed by atoms with Crippen molar-refractivity contribution in [2.45, 2.75) is 64.5 Å². The van der Waals surface area contributed by atoms with Gasteiger partial charge in [0.15, 0.2) is 0 Å². The van der Waals surface area contributed by atoms with Crippen LogP contribution in [0.5, 0.6) is 0 Å². The van der Waals surface area contributed by atoms with E-state index >= 15 is 0 Å². The van der Waals surface area contributed by atoms with Gasteiger partial charge in [-0.3, -0.25) is 9.69 Å². The maximum atomic E-state index is 13.6. The number of rotatable bonds is 9. The van der Waals surface area contributed by atoms with E-state index in [4.69, 9.17) is 0 Å². The number of hydrogen-bond acceptors (Lipinski definition) is 2. The molecule has 3 rings (SSSR count). The molecule has 0 aliphatic heterocycles. The van der Waals surface area contributed by atoms with Crippen LogP contribution >= 0.6 is 0 Å². The number of halogens is 1. The smallest absolute Gasteiger partial charge is 0.303 e. The van der Waals surface area contributed by atoms with Crippen molar-refractivity contribution in [3.05, 3.63) is 71.5 Å². The largest absolute Gasteiger partial charge is 0.481 e. The summed E-state index contributed by atoms with van der Waals surface area (Å²) in [5.74, 6) is -0.215. The molecule has 1 fully saturated rings. The van der Waals surface area contributed by atoms with Gasteiger partial charge in [0.25, 0.3) is 0 Å². The Morgan fingerprint density at radius 3 is 2.43 bits per heavy atom. The topological polar surface area (TPSA) is 40.5 Å². The molecule has 162 valence electrons. The van der Waals surface area contributed by atoms with Gasteiger partial charge in [0.05, 0.1) is 0 Å². The van der Waals surface area contributed by atoms with Gasteiger partial charge in [-0.05, 0) is 60.9 Å². The summed E-state index contributed by atoms with van der Waals surface area (Å²) in [7, 11) is 0. The maximum Gasteiger partial charge on any atom is 0.303 e. The second kappa shape index (κ2) is 10.7. The molecule has 0 saturated heterocycles. The van der Waals surface area contributed by atoms with Crippen molar-refractivity contribution in [3.8, 4) is 0 Å². The molecule has 1 aliphatic rings. The Hall–Kier alpha value is -2.20. The summed E-state index contributed by atoms with van der Waals surface area (Å²) >= 11 is 0. The summed E-state index contributed by atoms with van der Waals surface area (Å²) in [5, 5.41) is 9.54. The van der Waals surface area contributed by atoms with Crippen LogP contribution in [0.1, 0.15) is 63.0 Å². The van der Waals surface area contributed by atoms with E-state index in [1.807, 2.05) is 18.2 Å². The SMILES string of the molecule is CC(C)CCN(Cc1ccccc1)[C@@H]1CCC[C@H](CC(=O)O)[C@H]1c1ccc(F)cc1. The third-order valence-electron chi connectivity index (χ3n) is 6.38. The molecule has 0 aromatic heterocycles. The van der Waals surface area contributed by atoms with E-state index in [1.54, 1.807) is 0 Å². The van der Waals surface area contributed by atoms with Gasteiger partial charge in [-0.15, -0.1) is 0 Å². The lowest BCUT2D eigenvalue weighted by atomic mass is 9.70.